The number of nitrogens with one attached hydrogen (secondary N) is 1. The van der Waals surface area contributed by atoms with Crippen LogP contribution < -0.4 is 15.6 Å². The van der Waals surface area contributed by atoms with Gasteiger partial charge >= 0.3 is 6.03 Å². The Hall–Kier alpha value is -4.85. The SMILES string of the molecule is COc1ccccc1-n1c(C(C)N(Cc2ccco2)C(=O)Nc2ccccc2)nc2ccccc2c1=O. The number of aromatic nitrogens is 2. The van der Waals surface area contributed by atoms with E-state index in [1.165, 1.54) is 4.57 Å². The second-order valence-corrected chi connectivity index (χ2v) is 8.48. The zero-order chi connectivity index (χ0) is 25.8. The first-order valence-electron chi connectivity index (χ1n) is 11.9. The van der Waals surface area contributed by atoms with Gasteiger partial charge in [-0.15, -0.1) is 0 Å². The highest BCUT2D eigenvalue weighted by atomic mass is 16.5. The number of anilines is 1. The number of amides is 2. The van der Waals surface area contributed by atoms with Crippen LogP contribution in [0.4, 0.5) is 10.5 Å². The summed E-state index contributed by atoms with van der Waals surface area (Å²) in [6.07, 6.45) is 1.56. The third kappa shape index (κ3) is 4.81. The van der Waals surface area contributed by atoms with E-state index in [0.29, 0.717) is 39.6 Å². The molecule has 0 aliphatic carbocycles. The van der Waals surface area contributed by atoms with Crippen molar-refractivity contribution in [2.24, 2.45) is 0 Å². The number of fused-ring (bicyclic) bond motifs is 1. The minimum atomic E-state index is -0.629. The lowest BCUT2D eigenvalue weighted by molar-refractivity contribution is 0.179. The molecular weight excluding hydrogens is 468 g/mol. The van der Waals surface area contributed by atoms with Gasteiger partial charge in [-0.3, -0.25) is 9.36 Å². The average molecular weight is 495 g/mol. The van der Waals surface area contributed by atoms with Crippen LogP contribution in [0.5, 0.6) is 5.75 Å². The van der Waals surface area contributed by atoms with Crippen LogP contribution in [0.1, 0.15) is 24.6 Å². The van der Waals surface area contributed by atoms with Crippen molar-refractivity contribution >= 4 is 22.6 Å². The highest BCUT2D eigenvalue weighted by molar-refractivity contribution is 5.89. The monoisotopic (exact) mass is 494 g/mol. The van der Waals surface area contributed by atoms with E-state index in [1.54, 1.807) is 60.7 Å². The number of nitrogens with zero attached hydrogens (tertiary/aromatic N) is 3. The summed E-state index contributed by atoms with van der Waals surface area (Å²) in [5.41, 5.74) is 1.48. The Morgan fingerprint density at radius 3 is 2.49 bits per heavy atom. The van der Waals surface area contributed by atoms with Crippen LogP contribution in [-0.2, 0) is 6.54 Å². The van der Waals surface area contributed by atoms with Crippen molar-refractivity contribution in [2.45, 2.75) is 19.5 Å². The van der Waals surface area contributed by atoms with Crippen LogP contribution in [0.25, 0.3) is 16.6 Å². The molecule has 8 nitrogen and oxygen atoms in total. The smallest absolute Gasteiger partial charge is 0.322 e. The molecule has 1 unspecified atom stereocenters. The fourth-order valence-corrected chi connectivity index (χ4v) is 4.29. The van der Waals surface area contributed by atoms with Gasteiger partial charge in [-0.2, -0.15) is 0 Å². The molecule has 0 bridgehead atoms. The van der Waals surface area contributed by atoms with Gasteiger partial charge in [-0.1, -0.05) is 42.5 Å². The number of furan rings is 1. The zero-order valence-corrected chi connectivity index (χ0v) is 20.5. The molecule has 0 aliphatic rings. The number of hydrogen-bond donors (Lipinski definition) is 1. The Labute approximate surface area is 213 Å². The molecule has 8 heteroatoms. The second-order valence-electron chi connectivity index (χ2n) is 8.48. The summed E-state index contributed by atoms with van der Waals surface area (Å²) in [5, 5.41) is 3.41. The molecule has 5 aromatic rings. The Balaban J connectivity index is 1.67. The summed E-state index contributed by atoms with van der Waals surface area (Å²) in [4.78, 5) is 33.9. The van der Waals surface area contributed by atoms with Gasteiger partial charge < -0.3 is 19.4 Å². The predicted molar refractivity (Wildman–Crippen MR) is 142 cm³/mol. The van der Waals surface area contributed by atoms with Gasteiger partial charge in [0.05, 0.1) is 42.5 Å². The molecule has 186 valence electrons. The van der Waals surface area contributed by atoms with E-state index in [1.807, 2.05) is 55.5 Å². The van der Waals surface area contributed by atoms with E-state index in [0.717, 1.165) is 0 Å². The Morgan fingerprint density at radius 2 is 1.73 bits per heavy atom. The van der Waals surface area contributed by atoms with E-state index < -0.39 is 6.04 Å². The normalized spacial score (nSPS) is 11.7. The summed E-state index contributed by atoms with van der Waals surface area (Å²) in [6, 6.07) is 26.2. The quantitative estimate of drug-likeness (QED) is 0.310. The highest BCUT2D eigenvalue weighted by Gasteiger charge is 2.28. The highest BCUT2D eigenvalue weighted by Crippen LogP contribution is 2.29. The van der Waals surface area contributed by atoms with Crippen molar-refractivity contribution < 1.29 is 13.9 Å². The van der Waals surface area contributed by atoms with Crippen LogP contribution in [0.3, 0.4) is 0 Å². The van der Waals surface area contributed by atoms with Crippen LogP contribution in [0.15, 0.2) is 106 Å². The molecule has 0 fully saturated rings. The first-order chi connectivity index (χ1) is 18.1. The van der Waals surface area contributed by atoms with Gasteiger partial charge in [0.15, 0.2) is 0 Å². The standard InChI is InChI=1S/C29H26N4O4/c1-20(32(19-22-13-10-18-37-22)29(35)30-21-11-4-3-5-12-21)27-31-24-15-7-6-14-23(24)28(34)33(27)25-16-8-9-17-26(25)36-2/h3-18,20H,19H2,1-2H3,(H,30,35). The van der Waals surface area contributed by atoms with Gasteiger partial charge in [-0.05, 0) is 55.5 Å². The maximum atomic E-state index is 13.9. The van der Waals surface area contributed by atoms with E-state index >= 15 is 0 Å². The molecule has 0 radical (unpaired) electrons. The summed E-state index contributed by atoms with van der Waals surface area (Å²) in [5.74, 6) is 1.51. The lowest BCUT2D eigenvalue weighted by Crippen LogP contribution is -2.39. The molecule has 2 aromatic heterocycles. The van der Waals surface area contributed by atoms with Crippen LogP contribution in [0, 0.1) is 0 Å². The number of carbonyl (C=O) groups is 1. The summed E-state index contributed by atoms with van der Waals surface area (Å²) >= 11 is 0. The topological polar surface area (TPSA) is 89.6 Å². The molecular formula is C29H26N4O4. The molecule has 37 heavy (non-hydrogen) atoms. The van der Waals surface area contributed by atoms with Crippen molar-refractivity contribution in [3.05, 3.63) is 119 Å². The number of ether oxygens (including phenoxy) is 1. The third-order valence-electron chi connectivity index (χ3n) is 6.16. The van der Waals surface area contributed by atoms with Gasteiger partial charge in [0.1, 0.15) is 17.3 Å². The maximum absolute atomic E-state index is 13.9. The molecule has 3 aromatic carbocycles. The molecule has 1 N–H and O–H groups in total. The minimum absolute atomic E-state index is 0.168. The maximum Gasteiger partial charge on any atom is 0.322 e. The molecule has 5 rings (SSSR count). The zero-order valence-electron chi connectivity index (χ0n) is 20.5. The number of urea groups is 1. The fourth-order valence-electron chi connectivity index (χ4n) is 4.29. The number of benzene rings is 3. The van der Waals surface area contributed by atoms with Crippen molar-refractivity contribution in [1.29, 1.82) is 0 Å². The van der Waals surface area contributed by atoms with Crippen molar-refractivity contribution in [3.63, 3.8) is 0 Å². The van der Waals surface area contributed by atoms with Gasteiger partial charge in [0.25, 0.3) is 5.56 Å². The van der Waals surface area contributed by atoms with E-state index in [4.69, 9.17) is 14.1 Å². The molecule has 0 saturated carbocycles. The van der Waals surface area contributed by atoms with E-state index in [9.17, 15) is 9.59 Å². The van der Waals surface area contributed by atoms with Crippen molar-refractivity contribution in [1.82, 2.24) is 14.5 Å². The first kappa shape index (κ1) is 23.9. The molecule has 2 amide bonds. The number of para-hydroxylation sites is 4. The molecule has 0 aliphatic heterocycles. The second kappa shape index (κ2) is 10.4. The lowest BCUT2D eigenvalue weighted by atomic mass is 10.1. The summed E-state index contributed by atoms with van der Waals surface area (Å²) in [6.45, 7) is 2.01. The van der Waals surface area contributed by atoms with Gasteiger partial charge in [0.2, 0.25) is 0 Å². The van der Waals surface area contributed by atoms with Crippen molar-refractivity contribution in [3.8, 4) is 11.4 Å². The first-order valence-corrected chi connectivity index (χ1v) is 11.9. The minimum Gasteiger partial charge on any atom is -0.495 e. The summed E-state index contributed by atoms with van der Waals surface area (Å²) in [7, 11) is 1.55. The van der Waals surface area contributed by atoms with Crippen LogP contribution in [-0.4, -0.2) is 27.6 Å². The van der Waals surface area contributed by atoms with Gasteiger partial charge in [-0.25, -0.2) is 9.78 Å². The third-order valence-corrected chi connectivity index (χ3v) is 6.16. The lowest BCUT2D eigenvalue weighted by Gasteiger charge is -2.30. The molecule has 0 saturated heterocycles. The number of hydrogen-bond acceptors (Lipinski definition) is 5. The van der Waals surface area contributed by atoms with E-state index in [2.05, 4.69) is 5.32 Å². The van der Waals surface area contributed by atoms with Crippen molar-refractivity contribution in [2.75, 3.05) is 12.4 Å². The molecule has 1 atom stereocenters. The number of rotatable bonds is 7. The Kier molecular flexibility index (Phi) is 6.72. The summed E-state index contributed by atoms with van der Waals surface area (Å²) < 4.78 is 12.7. The Bertz CT molecular complexity index is 1580. The predicted octanol–water partition coefficient (Wildman–Crippen LogP) is 5.78. The largest absolute Gasteiger partial charge is 0.495 e. The average Bonchev–Trinajstić information content (AvgIpc) is 3.45. The Morgan fingerprint density at radius 1 is 1.00 bits per heavy atom. The molecule has 2 heterocycles. The van der Waals surface area contributed by atoms with Crippen LogP contribution >= 0.6 is 0 Å². The number of methoxy groups -OCH3 is 1. The molecule has 0 spiro atoms. The fraction of sp³-hybridized carbons (Fsp3) is 0.138. The van der Waals surface area contributed by atoms with Crippen LogP contribution in [0.2, 0.25) is 0 Å². The number of carbonyl (C=O) groups excluding carboxylic acids is 1. The van der Waals surface area contributed by atoms with E-state index in [-0.39, 0.29) is 18.1 Å². The van der Waals surface area contributed by atoms with Gasteiger partial charge in [0, 0.05) is 5.69 Å².